The molecule has 0 aliphatic carbocycles. The molecule has 0 aliphatic rings. The van der Waals surface area contributed by atoms with Crippen LogP contribution in [0.4, 0.5) is 5.69 Å². The van der Waals surface area contributed by atoms with Gasteiger partial charge >= 0.3 is 0 Å². The van der Waals surface area contributed by atoms with Gasteiger partial charge in [-0.15, -0.1) is 0 Å². The first kappa shape index (κ1) is 9.99. The third-order valence-corrected chi connectivity index (χ3v) is 1.97. The van der Waals surface area contributed by atoms with Crippen molar-refractivity contribution in [1.29, 1.82) is 0 Å². The highest BCUT2D eigenvalue weighted by atomic mass is 32.1. The van der Waals surface area contributed by atoms with Gasteiger partial charge in [0.15, 0.2) is 0 Å². The standard InChI is InChI=1S/C10H14N2S/c1-8(11)6-12-10-4-2-9(7-13)3-5-10/h2-6,12-13H,7,11H2,1H3/b8-6-. The molecule has 0 aromatic heterocycles. The van der Waals surface area contributed by atoms with Gasteiger partial charge in [0.2, 0.25) is 0 Å². The monoisotopic (exact) mass is 194 g/mol. The SMILES string of the molecule is C/C(N)=C/Nc1ccc(CS)cc1. The van der Waals surface area contributed by atoms with Gasteiger partial charge in [0.1, 0.15) is 0 Å². The van der Waals surface area contributed by atoms with Crippen molar-refractivity contribution in [3.05, 3.63) is 41.7 Å². The molecule has 1 rings (SSSR count). The third-order valence-electron chi connectivity index (χ3n) is 1.60. The largest absolute Gasteiger partial charge is 0.401 e. The van der Waals surface area contributed by atoms with Crippen LogP contribution in [-0.4, -0.2) is 0 Å². The van der Waals surface area contributed by atoms with Crippen LogP contribution in [0.2, 0.25) is 0 Å². The second-order valence-corrected chi connectivity index (χ2v) is 3.20. The zero-order valence-corrected chi connectivity index (χ0v) is 8.51. The number of hydrogen-bond donors (Lipinski definition) is 3. The zero-order chi connectivity index (χ0) is 9.68. The van der Waals surface area contributed by atoms with Gasteiger partial charge < -0.3 is 11.1 Å². The first-order chi connectivity index (χ1) is 6.22. The summed E-state index contributed by atoms with van der Waals surface area (Å²) in [6.45, 7) is 1.84. The Bertz CT molecular complexity index is 286. The van der Waals surface area contributed by atoms with Gasteiger partial charge in [-0.2, -0.15) is 12.6 Å². The molecule has 1 aromatic carbocycles. The summed E-state index contributed by atoms with van der Waals surface area (Å²) in [5.74, 6) is 0.770. The van der Waals surface area contributed by atoms with E-state index in [1.165, 1.54) is 5.56 Å². The summed E-state index contributed by atoms with van der Waals surface area (Å²) in [5, 5.41) is 3.08. The maximum absolute atomic E-state index is 5.48. The van der Waals surface area contributed by atoms with Crippen molar-refractivity contribution in [1.82, 2.24) is 0 Å². The molecule has 0 aliphatic heterocycles. The van der Waals surface area contributed by atoms with Crippen LogP contribution in [0.3, 0.4) is 0 Å². The van der Waals surface area contributed by atoms with Crippen molar-refractivity contribution in [2.45, 2.75) is 12.7 Å². The number of thiol groups is 1. The van der Waals surface area contributed by atoms with E-state index < -0.39 is 0 Å². The lowest BCUT2D eigenvalue weighted by Gasteiger charge is -2.02. The number of rotatable bonds is 3. The molecule has 0 saturated carbocycles. The highest BCUT2D eigenvalue weighted by molar-refractivity contribution is 7.79. The summed E-state index contributed by atoms with van der Waals surface area (Å²) in [4.78, 5) is 0. The summed E-state index contributed by atoms with van der Waals surface area (Å²) >= 11 is 4.18. The minimum absolute atomic E-state index is 0.762. The van der Waals surface area contributed by atoms with Crippen LogP contribution in [0.25, 0.3) is 0 Å². The molecule has 3 N–H and O–H groups in total. The van der Waals surface area contributed by atoms with Crippen molar-refractivity contribution in [2.75, 3.05) is 5.32 Å². The molecular formula is C10H14N2S. The number of hydrogen-bond acceptors (Lipinski definition) is 3. The summed E-state index contributed by atoms with van der Waals surface area (Å²) in [6, 6.07) is 8.08. The fraction of sp³-hybridized carbons (Fsp3) is 0.200. The van der Waals surface area contributed by atoms with Gasteiger partial charge in [-0.25, -0.2) is 0 Å². The van der Waals surface area contributed by atoms with E-state index in [4.69, 9.17) is 5.73 Å². The Morgan fingerprint density at radius 3 is 2.54 bits per heavy atom. The summed E-state index contributed by atoms with van der Waals surface area (Å²) in [7, 11) is 0. The van der Waals surface area contributed by atoms with E-state index >= 15 is 0 Å². The smallest absolute Gasteiger partial charge is 0.0380 e. The highest BCUT2D eigenvalue weighted by Gasteiger charge is 1.90. The fourth-order valence-corrected chi connectivity index (χ4v) is 1.11. The van der Waals surface area contributed by atoms with Gasteiger partial charge in [-0.05, 0) is 24.6 Å². The zero-order valence-electron chi connectivity index (χ0n) is 7.62. The quantitative estimate of drug-likeness (QED) is 0.646. The molecule has 0 amide bonds. The minimum Gasteiger partial charge on any atom is -0.401 e. The summed E-state index contributed by atoms with van der Waals surface area (Å²) < 4.78 is 0. The van der Waals surface area contributed by atoms with E-state index in [1.807, 2.05) is 31.2 Å². The molecule has 70 valence electrons. The first-order valence-electron chi connectivity index (χ1n) is 4.11. The van der Waals surface area contributed by atoms with Crippen LogP contribution in [0.5, 0.6) is 0 Å². The highest BCUT2D eigenvalue weighted by Crippen LogP contribution is 2.10. The summed E-state index contributed by atoms with van der Waals surface area (Å²) in [6.07, 6.45) is 1.77. The van der Waals surface area contributed by atoms with E-state index in [2.05, 4.69) is 17.9 Å². The molecule has 0 fully saturated rings. The van der Waals surface area contributed by atoms with Crippen molar-refractivity contribution in [3.8, 4) is 0 Å². The Labute approximate surface area is 84.2 Å². The average molecular weight is 194 g/mol. The fourth-order valence-electron chi connectivity index (χ4n) is 0.904. The number of nitrogens with one attached hydrogen (secondary N) is 1. The number of nitrogens with two attached hydrogens (primary N) is 1. The van der Waals surface area contributed by atoms with E-state index in [-0.39, 0.29) is 0 Å². The second kappa shape index (κ2) is 4.82. The molecule has 0 unspecified atom stereocenters. The van der Waals surface area contributed by atoms with E-state index in [9.17, 15) is 0 Å². The lowest BCUT2D eigenvalue weighted by molar-refractivity contribution is 1.29. The van der Waals surface area contributed by atoms with Gasteiger partial charge in [0.25, 0.3) is 0 Å². The molecule has 1 aromatic rings. The van der Waals surface area contributed by atoms with Gasteiger partial charge in [-0.1, -0.05) is 12.1 Å². The molecule has 0 radical (unpaired) electrons. The molecule has 0 heterocycles. The van der Waals surface area contributed by atoms with Crippen molar-refractivity contribution in [3.63, 3.8) is 0 Å². The van der Waals surface area contributed by atoms with Crippen LogP contribution in [-0.2, 0) is 5.75 Å². The molecule has 3 heteroatoms. The van der Waals surface area contributed by atoms with Crippen LogP contribution in [0.15, 0.2) is 36.2 Å². The first-order valence-corrected chi connectivity index (χ1v) is 4.74. The lowest BCUT2D eigenvalue weighted by atomic mass is 10.2. The molecule has 0 bridgehead atoms. The average Bonchev–Trinajstić information content (AvgIpc) is 2.15. The lowest BCUT2D eigenvalue weighted by Crippen LogP contribution is -1.96. The third kappa shape index (κ3) is 3.42. The Morgan fingerprint density at radius 2 is 2.08 bits per heavy atom. The maximum Gasteiger partial charge on any atom is 0.0380 e. The Kier molecular flexibility index (Phi) is 3.71. The topological polar surface area (TPSA) is 38.0 Å². The minimum atomic E-state index is 0.762. The second-order valence-electron chi connectivity index (χ2n) is 2.89. The number of allylic oxidation sites excluding steroid dienone is 1. The number of anilines is 1. The van der Waals surface area contributed by atoms with Crippen LogP contribution in [0.1, 0.15) is 12.5 Å². The van der Waals surface area contributed by atoms with Crippen LogP contribution < -0.4 is 11.1 Å². The van der Waals surface area contributed by atoms with Crippen molar-refractivity contribution >= 4 is 18.3 Å². The molecule has 0 atom stereocenters. The van der Waals surface area contributed by atoms with Crippen molar-refractivity contribution in [2.24, 2.45) is 5.73 Å². The van der Waals surface area contributed by atoms with Gasteiger partial charge in [0, 0.05) is 23.3 Å². The Balaban J connectivity index is 2.64. The van der Waals surface area contributed by atoms with Crippen LogP contribution >= 0.6 is 12.6 Å². The molecule has 0 saturated heterocycles. The van der Waals surface area contributed by atoms with Gasteiger partial charge in [-0.3, -0.25) is 0 Å². The maximum atomic E-state index is 5.48. The van der Waals surface area contributed by atoms with E-state index in [0.29, 0.717) is 0 Å². The number of benzene rings is 1. The van der Waals surface area contributed by atoms with Crippen molar-refractivity contribution < 1.29 is 0 Å². The molecule has 0 spiro atoms. The molecular weight excluding hydrogens is 180 g/mol. The predicted molar refractivity (Wildman–Crippen MR) is 60.7 cm³/mol. The normalized spacial score (nSPS) is 11.4. The van der Waals surface area contributed by atoms with Gasteiger partial charge in [0.05, 0.1) is 0 Å². The van der Waals surface area contributed by atoms with E-state index in [1.54, 1.807) is 6.20 Å². The van der Waals surface area contributed by atoms with Crippen LogP contribution in [0, 0.1) is 0 Å². The Hall–Kier alpha value is -1.09. The predicted octanol–water partition coefficient (Wildman–Crippen LogP) is 2.35. The summed E-state index contributed by atoms with van der Waals surface area (Å²) in [5.41, 5.74) is 8.49. The molecule has 13 heavy (non-hydrogen) atoms. The molecule has 2 nitrogen and oxygen atoms in total. The Morgan fingerprint density at radius 1 is 1.46 bits per heavy atom. The van der Waals surface area contributed by atoms with E-state index in [0.717, 1.165) is 17.1 Å².